The molecule has 4 rings (SSSR count). The molecular weight excluding hydrogens is 455 g/mol. The molecule has 31 heavy (non-hydrogen) atoms. The molecule has 1 aliphatic carbocycles. The number of piperazine rings is 1. The molecule has 2 aromatic rings. The van der Waals surface area contributed by atoms with Gasteiger partial charge in [0.15, 0.2) is 0 Å². The Morgan fingerprint density at radius 2 is 1.61 bits per heavy atom. The van der Waals surface area contributed by atoms with Crippen LogP contribution < -0.4 is 4.90 Å². The van der Waals surface area contributed by atoms with E-state index in [1.54, 1.807) is 11.0 Å². The Kier molecular flexibility index (Phi) is 7.33. The van der Waals surface area contributed by atoms with Crippen LogP contribution in [0.3, 0.4) is 0 Å². The normalized spacial score (nSPS) is 21.2. The number of halogens is 3. The molecule has 7 heteroatoms. The minimum Gasteiger partial charge on any atom is -0.383 e. The molecule has 1 saturated heterocycles. The predicted molar refractivity (Wildman–Crippen MR) is 127 cm³/mol. The zero-order valence-electron chi connectivity index (χ0n) is 17.3. The first-order valence-corrected chi connectivity index (χ1v) is 12.0. The summed E-state index contributed by atoms with van der Waals surface area (Å²) in [5.41, 5.74) is 1.92. The SMILES string of the molecule is O=C([C@H](O)C1CCCCC1)N1CCN(c2ccc(Cl)cc2Cl)[C@H](c2ccc(Cl)cc2)C1. The van der Waals surface area contributed by atoms with E-state index in [2.05, 4.69) is 4.90 Å². The van der Waals surface area contributed by atoms with E-state index in [0.29, 0.717) is 34.7 Å². The maximum atomic E-state index is 13.2. The summed E-state index contributed by atoms with van der Waals surface area (Å²) in [4.78, 5) is 17.2. The topological polar surface area (TPSA) is 43.8 Å². The Morgan fingerprint density at radius 3 is 2.29 bits per heavy atom. The van der Waals surface area contributed by atoms with E-state index < -0.39 is 6.10 Å². The molecule has 1 amide bonds. The van der Waals surface area contributed by atoms with E-state index in [1.165, 1.54) is 6.42 Å². The van der Waals surface area contributed by atoms with Crippen molar-refractivity contribution in [3.05, 3.63) is 63.1 Å². The molecule has 166 valence electrons. The molecule has 1 aliphatic heterocycles. The largest absolute Gasteiger partial charge is 0.383 e. The molecule has 2 fully saturated rings. The van der Waals surface area contributed by atoms with Gasteiger partial charge < -0.3 is 14.9 Å². The third-order valence-electron chi connectivity index (χ3n) is 6.52. The summed E-state index contributed by atoms with van der Waals surface area (Å²) in [6.45, 7) is 1.62. The number of aliphatic hydroxyl groups is 1. The molecule has 2 aromatic carbocycles. The van der Waals surface area contributed by atoms with Crippen LogP contribution in [0.5, 0.6) is 0 Å². The Morgan fingerprint density at radius 1 is 0.935 bits per heavy atom. The highest BCUT2D eigenvalue weighted by Crippen LogP contribution is 2.37. The summed E-state index contributed by atoms with van der Waals surface area (Å²) in [7, 11) is 0. The smallest absolute Gasteiger partial charge is 0.251 e. The van der Waals surface area contributed by atoms with E-state index in [9.17, 15) is 9.90 Å². The molecule has 1 N–H and O–H groups in total. The molecular formula is C24H27Cl3N2O2. The van der Waals surface area contributed by atoms with Crippen LogP contribution in [0.1, 0.15) is 43.7 Å². The first-order valence-electron chi connectivity index (χ1n) is 10.9. The van der Waals surface area contributed by atoms with E-state index in [1.807, 2.05) is 36.4 Å². The first-order chi connectivity index (χ1) is 14.9. The maximum Gasteiger partial charge on any atom is 0.251 e. The second-order valence-corrected chi connectivity index (χ2v) is 9.76. The second kappa shape index (κ2) is 9.99. The van der Waals surface area contributed by atoms with Crippen LogP contribution in [0.4, 0.5) is 5.69 Å². The van der Waals surface area contributed by atoms with Crippen molar-refractivity contribution in [2.45, 2.75) is 44.2 Å². The monoisotopic (exact) mass is 480 g/mol. The van der Waals surface area contributed by atoms with Gasteiger partial charge in [0.05, 0.1) is 16.8 Å². The minimum absolute atomic E-state index is 0.0685. The van der Waals surface area contributed by atoms with Gasteiger partial charge in [0.2, 0.25) is 0 Å². The van der Waals surface area contributed by atoms with Crippen molar-refractivity contribution in [2.75, 3.05) is 24.5 Å². The fraction of sp³-hybridized carbons (Fsp3) is 0.458. The fourth-order valence-electron chi connectivity index (χ4n) is 4.79. The first kappa shape index (κ1) is 22.7. The molecule has 1 heterocycles. The van der Waals surface area contributed by atoms with Gasteiger partial charge in [0.25, 0.3) is 5.91 Å². The number of rotatable bonds is 4. The molecule has 0 bridgehead atoms. The standard InChI is InChI=1S/C24H27Cl3N2O2/c25-18-8-6-16(7-9-18)22-15-28(24(31)23(30)17-4-2-1-3-5-17)12-13-29(22)21-11-10-19(26)14-20(21)27/h6-11,14,17,22-23,30H,1-5,12-13,15H2/t22-,23+/m0/s1. The van der Waals surface area contributed by atoms with Gasteiger partial charge in [0, 0.05) is 29.7 Å². The van der Waals surface area contributed by atoms with Crippen molar-refractivity contribution in [2.24, 2.45) is 5.92 Å². The third kappa shape index (κ3) is 5.14. The number of carbonyl (C=O) groups is 1. The molecule has 4 nitrogen and oxygen atoms in total. The van der Waals surface area contributed by atoms with E-state index in [4.69, 9.17) is 34.8 Å². The summed E-state index contributed by atoms with van der Waals surface area (Å²) in [5, 5.41) is 12.6. The Labute approximate surface area is 198 Å². The Bertz CT molecular complexity index is 916. The van der Waals surface area contributed by atoms with Crippen LogP contribution in [0.2, 0.25) is 15.1 Å². The van der Waals surface area contributed by atoms with Gasteiger partial charge in [-0.3, -0.25) is 4.79 Å². The van der Waals surface area contributed by atoms with E-state index in [0.717, 1.165) is 36.9 Å². The van der Waals surface area contributed by atoms with Crippen LogP contribution in [0, 0.1) is 5.92 Å². The molecule has 0 aromatic heterocycles. The Hall–Kier alpha value is -1.46. The van der Waals surface area contributed by atoms with Crippen LogP contribution >= 0.6 is 34.8 Å². The number of hydrogen-bond donors (Lipinski definition) is 1. The summed E-state index contributed by atoms with van der Waals surface area (Å²) in [6.07, 6.45) is 4.30. The van der Waals surface area contributed by atoms with Gasteiger partial charge in [-0.2, -0.15) is 0 Å². The maximum absolute atomic E-state index is 13.2. The molecule has 2 aliphatic rings. The van der Waals surface area contributed by atoms with Crippen molar-refractivity contribution in [1.29, 1.82) is 0 Å². The number of carbonyl (C=O) groups excluding carboxylic acids is 1. The highest BCUT2D eigenvalue weighted by Gasteiger charge is 2.36. The highest BCUT2D eigenvalue weighted by molar-refractivity contribution is 6.36. The van der Waals surface area contributed by atoms with Crippen molar-refractivity contribution in [3.8, 4) is 0 Å². The quantitative estimate of drug-likeness (QED) is 0.584. The molecule has 2 atom stereocenters. The summed E-state index contributed by atoms with van der Waals surface area (Å²) in [6, 6.07) is 13.1. The average molecular weight is 482 g/mol. The number of benzene rings is 2. The lowest BCUT2D eigenvalue weighted by molar-refractivity contribution is -0.144. The minimum atomic E-state index is -0.920. The van der Waals surface area contributed by atoms with Crippen LogP contribution in [-0.2, 0) is 4.79 Å². The number of nitrogens with zero attached hydrogens (tertiary/aromatic N) is 2. The Balaban J connectivity index is 1.59. The highest BCUT2D eigenvalue weighted by atomic mass is 35.5. The van der Waals surface area contributed by atoms with Gasteiger partial charge >= 0.3 is 0 Å². The second-order valence-electron chi connectivity index (χ2n) is 8.48. The zero-order valence-corrected chi connectivity index (χ0v) is 19.6. The lowest BCUT2D eigenvalue weighted by Gasteiger charge is -2.44. The number of amides is 1. The van der Waals surface area contributed by atoms with Gasteiger partial charge in [-0.25, -0.2) is 0 Å². The summed E-state index contributed by atoms with van der Waals surface area (Å²) < 4.78 is 0. The molecule has 0 radical (unpaired) electrons. The summed E-state index contributed by atoms with van der Waals surface area (Å²) in [5.74, 6) is -0.0910. The zero-order chi connectivity index (χ0) is 22.0. The van der Waals surface area contributed by atoms with Crippen molar-refractivity contribution in [1.82, 2.24) is 4.90 Å². The third-order valence-corrected chi connectivity index (χ3v) is 7.31. The molecule has 0 unspecified atom stereocenters. The molecule has 1 saturated carbocycles. The lowest BCUT2D eigenvalue weighted by Crippen LogP contribution is -2.54. The van der Waals surface area contributed by atoms with Gasteiger partial charge in [-0.1, -0.05) is 66.2 Å². The van der Waals surface area contributed by atoms with Crippen molar-refractivity contribution >= 4 is 46.4 Å². The van der Waals surface area contributed by atoms with Gasteiger partial charge in [0.1, 0.15) is 6.10 Å². The number of anilines is 1. The van der Waals surface area contributed by atoms with Crippen molar-refractivity contribution in [3.63, 3.8) is 0 Å². The number of hydrogen-bond acceptors (Lipinski definition) is 3. The fourth-order valence-corrected chi connectivity index (χ4v) is 5.44. The van der Waals surface area contributed by atoms with E-state index >= 15 is 0 Å². The summed E-state index contributed by atoms with van der Waals surface area (Å²) >= 11 is 18.7. The lowest BCUT2D eigenvalue weighted by atomic mass is 9.84. The number of aliphatic hydroxyl groups excluding tert-OH is 1. The molecule has 0 spiro atoms. The van der Waals surface area contributed by atoms with Crippen LogP contribution in [0.15, 0.2) is 42.5 Å². The van der Waals surface area contributed by atoms with Crippen LogP contribution in [0.25, 0.3) is 0 Å². The van der Waals surface area contributed by atoms with E-state index in [-0.39, 0.29) is 17.9 Å². The predicted octanol–water partition coefficient (Wildman–Crippen LogP) is 5.98. The van der Waals surface area contributed by atoms with Gasteiger partial charge in [-0.15, -0.1) is 0 Å². The average Bonchev–Trinajstić information content (AvgIpc) is 2.79. The van der Waals surface area contributed by atoms with Crippen molar-refractivity contribution < 1.29 is 9.90 Å². The van der Waals surface area contributed by atoms with Gasteiger partial charge in [-0.05, 0) is 54.7 Å². The van der Waals surface area contributed by atoms with Crippen LogP contribution in [-0.4, -0.2) is 41.7 Å².